The van der Waals surface area contributed by atoms with Gasteiger partial charge in [0.2, 0.25) is 0 Å². The lowest BCUT2D eigenvalue weighted by molar-refractivity contribution is -0.177. The molecule has 3 aromatic rings. The van der Waals surface area contributed by atoms with Gasteiger partial charge in [-0.2, -0.15) is 5.06 Å². The topological polar surface area (TPSA) is 160 Å². The number of amidine groups is 1. The van der Waals surface area contributed by atoms with Crippen molar-refractivity contribution in [3.8, 4) is 5.75 Å². The van der Waals surface area contributed by atoms with Gasteiger partial charge in [-0.1, -0.05) is 30.3 Å². The minimum Gasteiger partial charge on any atom is -0.480 e. The Morgan fingerprint density at radius 2 is 1.49 bits per heavy atom. The highest BCUT2D eigenvalue weighted by Crippen LogP contribution is 2.16. The molecule has 0 atom stereocenters. The number of carboxylic acid groups (broad SMARTS) is 1. The van der Waals surface area contributed by atoms with Gasteiger partial charge in [-0.3, -0.25) is 15.0 Å². The van der Waals surface area contributed by atoms with Gasteiger partial charge in [-0.25, -0.2) is 9.59 Å². The molecule has 3 aromatic carbocycles. The van der Waals surface area contributed by atoms with Crippen molar-refractivity contribution in [1.29, 1.82) is 5.41 Å². The van der Waals surface area contributed by atoms with Crippen LogP contribution in [0.1, 0.15) is 38.8 Å². The van der Waals surface area contributed by atoms with Crippen LogP contribution in [0.15, 0.2) is 84.4 Å². The first-order valence-corrected chi connectivity index (χ1v) is 10.9. The van der Waals surface area contributed by atoms with E-state index in [0.717, 1.165) is 0 Å². The van der Waals surface area contributed by atoms with Crippen LogP contribution < -0.4 is 10.5 Å². The SMILES string of the molecule is CC(=Cc1ccc(C(=O)Oc2ccc(C(=N)N)cc2)cc1)C(=O)ON(CC(=O)O)C(=O)c1ccccc1. The minimum atomic E-state index is -1.35. The summed E-state index contributed by atoms with van der Waals surface area (Å²) in [4.78, 5) is 53.8. The summed E-state index contributed by atoms with van der Waals surface area (Å²) < 4.78 is 5.30. The van der Waals surface area contributed by atoms with Crippen molar-refractivity contribution >= 4 is 35.7 Å². The molecule has 37 heavy (non-hydrogen) atoms. The van der Waals surface area contributed by atoms with Gasteiger partial charge in [0.25, 0.3) is 5.91 Å². The molecule has 0 heterocycles. The van der Waals surface area contributed by atoms with E-state index < -0.39 is 30.4 Å². The zero-order valence-corrected chi connectivity index (χ0v) is 19.7. The van der Waals surface area contributed by atoms with Crippen LogP contribution in [0.4, 0.5) is 0 Å². The monoisotopic (exact) mass is 501 g/mol. The van der Waals surface area contributed by atoms with Crippen LogP contribution in [0.5, 0.6) is 5.75 Å². The van der Waals surface area contributed by atoms with E-state index >= 15 is 0 Å². The second-order valence-corrected chi connectivity index (χ2v) is 7.76. The van der Waals surface area contributed by atoms with Crippen LogP contribution in [-0.2, 0) is 14.4 Å². The third-order valence-corrected chi connectivity index (χ3v) is 4.95. The number of hydrogen-bond donors (Lipinski definition) is 3. The van der Waals surface area contributed by atoms with Crippen molar-refractivity contribution < 1.29 is 33.9 Å². The third kappa shape index (κ3) is 7.36. The predicted molar refractivity (Wildman–Crippen MR) is 134 cm³/mol. The number of nitrogens with zero attached hydrogens (tertiary/aromatic N) is 1. The van der Waals surface area contributed by atoms with Crippen molar-refractivity contribution in [2.75, 3.05) is 6.54 Å². The van der Waals surface area contributed by atoms with Crippen LogP contribution in [-0.4, -0.2) is 46.4 Å². The van der Waals surface area contributed by atoms with Gasteiger partial charge in [-0.05, 0) is 67.1 Å². The van der Waals surface area contributed by atoms with E-state index in [9.17, 15) is 19.2 Å². The van der Waals surface area contributed by atoms with Crippen molar-refractivity contribution in [2.24, 2.45) is 5.73 Å². The average Bonchev–Trinajstić information content (AvgIpc) is 2.88. The van der Waals surface area contributed by atoms with E-state index in [1.54, 1.807) is 42.5 Å². The number of benzene rings is 3. The largest absolute Gasteiger partial charge is 0.480 e. The molecule has 188 valence electrons. The van der Waals surface area contributed by atoms with Gasteiger partial charge in [0.1, 0.15) is 11.6 Å². The number of hydrogen-bond acceptors (Lipinski definition) is 7. The molecule has 0 aromatic heterocycles. The molecule has 0 unspecified atom stereocenters. The Morgan fingerprint density at radius 1 is 0.892 bits per heavy atom. The Bertz CT molecular complexity index is 1350. The van der Waals surface area contributed by atoms with Gasteiger partial charge in [0, 0.05) is 16.7 Å². The maximum Gasteiger partial charge on any atom is 0.359 e. The molecular formula is C27H23N3O7. The molecule has 0 saturated heterocycles. The van der Waals surface area contributed by atoms with Gasteiger partial charge in [-0.15, -0.1) is 0 Å². The molecule has 0 spiro atoms. The number of nitrogen functional groups attached to an aromatic ring is 1. The first kappa shape index (κ1) is 26.4. The van der Waals surface area contributed by atoms with Crippen LogP contribution in [0.3, 0.4) is 0 Å². The van der Waals surface area contributed by atoms with E-state index in [1.807, 2.05) is 0 Å². The van der Waals surface area contributed by atoms with Crippen molar-refractivity contribution in [2.45, 2.75) is 6.92 Å². The lowest BCUT2D eigenvalue weighted by atomic mass is 10.1. The number of carbonyl (C=O) groups is 4. The summed E-state index contributed by atoms with van der Waals surface area (Å²) in [7, 11) is 0. The molecule has 0 radical (unpaired) electrons. The lowest BCUT2D eigenvalue weighted by Gasteiger charge is -2.19. The Kier molecular flexibility index (Phi) is 8.50. The maximum absolute atomic E-state index is 12.6. The number of hydroxylamine groups is 2. The number of nitrogens with two attached hydrogens (primary N) is 1. The standard InChI is InChI=1S/C27H23N3O7/c1-17(26(34)37-30(16-23(31)32)25(33)20-5-3-2-4-6-20)15-18-7-9-21(10-8-18)27(35)36-22-13-11-19(12-14-22)24(28)29/h2-15H,16H2,1H3,(H3,28,29)(H,31,32). The summed E-state index contributed by atoms with van der Waals surface area (Å²) in [6, 6.07) is 20.2. The van der Waals surface area contributed by atoms with E-state index in [2.05, 4.69) is 0 Å². The van der Waals surface area contributed by atoms with E-state index in [0.29, 0.717) is 16.2 Å². The summed E-state index contributed by atoms with van der Waals surface area (Å²) >= 11 is 0. The molecule has 0 aliphatic carbocycles. The quantitative estimate of drug-likeness (QED) is 0.106. The van der Waals surface area contributed by atoms with Gasteiger partial charge >= 0.3 is 17.9 Å². The summed E-state index contributed by atoms with van der Waals surface area (Å²) in [6.07, 6.45) is 1.46. The predicted octanol–water partition coefficient (Wildman–Crippen LogP) is 3.28. The molecule has 1 amide bonds. The molecule has 4 N–H and O–H groups in total. The first-order valence-electron chi connectivity index (χ1n) is 10.9. The summed E-state index contributed by atoms with van der Waals surface area (Å²) in [6.45, 7) is 0.613. The fraction of sp³-hybridized carbons (Fsp3) is 0.0741. The fourth-order valence-electron chi connectivity index (χ4n) is 3.06. The number of rotatable bonds is 8. The molecule has 10 nitrogen and oxygen atoms in total. The number of esters is 1. The second kappa shape index (κ2) is 11.9. The van der Waals surface area contributed by atoms with Crippen molar-refractivity contribution in [3.63, 3.8) is 0 Å². The number of ether oxygens (including phenoxy) is 1. The zero-order chi connectivity index (χ0) is 26.9. The summed E-state index contributed by atoms with van der Waals surface area (Å²) in [5.41, 5.74) is 6.97. The van der Waals surface area contributed by atoms with Crippen molar-refractivity contribution in [1.82, 2.24) is 5.06 Å². The number of carboxylic acids is 1. The number of aliphatic carboxylic acids is 1. The van der Waals surface area contributed by atoms with Crippen molar-refractivity contribution in [3.05, 3.63) is 107 Å². The lowest BCUT2D eigenvalue weighted by Crippen LogP contribution is -2.37. The molecule has 0 aliphatic rings. The zero-order valence-electron chi connectivity index (χ0n) is 19.7. The number of nitrogens with one attached hydrogen (secondary N) is 1. The minimum absolute atomic E-state index is 0.0946. The van der Waals surface area contributed by atoms with Gasteiger partial charge in [0.05, 0.1) is 5.56 Å². The Balaban J connectivity index is 1.66. The maximum atomic E-state index is 12.6. The third-order valence-electron chi connectivity index (χ3n) is 4.95. The van der Waals surface area contributed by atoms with E-state index in [-0.39, 0.29) is 28.3 Å². The van der Waals surface area contributed by atoms with Crippen LogP contribution in [0.25, 0.3) is 6.08 Å². The molecule has 0 bridgehead atoms. The second-order valence-electron chi connectivity index (χ2n) is 7.76. The molecule has 0 fully saturated rings. The fourth-order valence-corrected chi connectivity index (χ4v) is 3.06. The van der Waals surface area contributed by atoms with E-state index in [4.69, 9.17) is 25.8 Å². The summed E-state index contributed by atoms with van der Waals surface area (Å²) in [5.74, 6) is -3.46. The average molecular weight is 501 g/mol. The summed E-state index contributed by atoms with van der Waals surface area (Å²) in [5, 5.41) is 17.0. The van der Waals surface area contributed by atoms with Crippen LogP contribution in [0.2, 0.25) is 0 Å². The normalized spacial score (nSPS) is 10.8. The molecule has 0 aliphatic heterocycles. The Labute approximate surface area is 212 Å². The molecule has 3 rings (SSSR count). The first-order chi connectivity index (χ1) is 17.6. The van der Waals surface area contributed by atoms with Crippen LogP contribution in [0, 0.1) is 5.41 Å². The smallest absolute Gasteiger partial charge is 0.359 e. The highest BCUT2D eigenvalue weighted by molar-refractivity contribution is 5.98. The molecule has 0 saturated carbocycles. The number of carbonyl (C=O) groups excluding carboxylic acids is 3. The highest BCUT2D eigenvalue weighted by atomic mass is 16.7. The van der Waals surface area contributed by atoms with Gasteiger partial charge < -0.3 is 20.4 Å². The molecular weight excluding hydrogens is 478 g/mol. The van der Waals surface area contributed by atoms with Gasteiger partial charge in [0.15, 0.2) is 6.54 Å². The van der Waals surface area contributed by atoms with E-state index in [1.165, 1.54) is 49.4 Å². The Morgan fingerprint density at radius 3 is 2.05 bits per heavy atom. The number of amides is 1. The van der Waals surface area contributed by atoms with Crippen LogP contribution >= 0.6 is 0 Å². The Hall–Kier alpha value is -5.25. The molecule has 10 heteroatoms. The highest BCUT2D eigenvalue weighted by Gasteiger charge is 2.23.